The van der Waals surface area contributed by atoms with Crippen LogP contribution < -0.4 is 10.2 Å². The van der Waals surface area contributed by atoms with Crippen molar-refractivity contribution in [3.8, 4) is 0 Å². The van der Waals surface area contributed by atoms with Crippen LogP contribution in [0, 0.1) is 0 Å². The minimum absolute atomic E-state index is 0.00936. The van der Waals surface area contributed by atoms with Crippen LogP contribution in [-0.4, -0.2) is 81.4 Å². The zero-order chi connectivity index (χ0) is 17.6. The second kappa shape index (κ2) is 8.94. The Kier molecular flexibility index (Phi) is 6.64. The number of amides is 2. The standard InChI is InChI=1S/C17H24Cl2N4O2/c18-14-1-2-16(15(19)13-14)22-5-7-23(8-6-22)17(24)20-3-4-21-9-11-25-12-10-21/h1-2,13H,3-12H2,(H,20,24). The first-order valence-corrected chi connectivity index (χ1v) is 9.42. The molecule has 1 aromatic rings. The van der Waals surface area contributed by atoms with Crippen molar-refractivity contribution in [2.24, 2.45) is 0 Å². The van der Waals surface area contributed by atoms with Gasteiger partial charge in [0.15, 0.2) is 0 Å². The van der Waals surface area contributed by atoms with Crippen LogP contribution in [0.3, 0.4) is 0 Å². The van der Waals surface area contributed by atoms with Gasteiger partial charge < -0.3 is 19.9 Å². The number of rotatable bonds is 4. The van der Waals surface area contributed by atoms with Crippen LogP contribution in [0.15, 0.2) is 18.2 Å². The number of carbonyl (C=O) groups is 1. The van der Waals surface area contributed by atoms with Crippen molar-refractivity contribution < 1.29 is 9.53 Å². The molecule has 0 bridgehead atoms. The van der Waals surface area contributed by atoms with Gasteiger partial charge in [0, 0.05) is 57.4 Å². The lowest BCUT2D eigenvalue weighted by Crippen LogP contribution is -2.53. The number of morpholine rings is 1. The Hall–Kier alpha value is -1.21. The monoisotopic (exact) mass is 386 g/mol. The van der Waals surface area contributed by atoms with Gasteiger partial charge in [-0.25, -0.2) is 4.79 Å². The van der Waals surface area contributed by atoms with E-state index in [1.54, 1.807) is 6.07 Å². The van der Waals surface area contributed by atoms with Gasteiger partial charge in [-0.05, 0) is 18.2 Å². The van der Waals surface area contributed by atoms with Gasteiger partial charge in [0.1, 0.15) is 0 Å². The molecule has 2 aliphatic heterocycles. The molecule has 0 spiro atoms. The van der Waals surface area contributed by atoms with Crippen LogP contribution in [0.5, 0.6) is 0 Å². The van der Waals surface area contributed by atoms with Crippen molar-refractivity contribution in [2.45, 2.75) is 0 Å². The smallest absolute Gasteiger partial charge is 0.317 e. The molecule has 3 rings (SSSR count). The first-order chi connectivity index (χ1) is 12.1. The highest BCUT2D eigenvalue weighted by molar-refractivity contribution is 6.36. The summed E-state index contributed by atoms with van der Waals surface area (Å²) in [5, 5.41) is 4.30. The molecule has 2 amide bonds. The third kappa shape index (κ3) is 5.14. The van der Waals surface area contributed by atoms with E-state index in [2.05, 4.69) is 15.1 Å². The van der Waals surface area contributed by atoms with Crippen molar-refractivity contribution in [2.75, 3.05) is 70.5 Å². The van der Waals surface area contributed by atoms with E-state index in [0.29, 0.717) is 29.7 Å². The first kappa shape index (κ1) is 18.6. The summed E-state index contributed by atoms with van der Waals surface area (Å²) in [6, 6.07) is 5.54. The molecular formula is C17H24Cl2N4O2. The molecule has 0 unspecified atom stereocenters. The Morgan fingerprint density at radius 1 is 1.08 bits per heavy atom. The van der Waals surface area contributed by atoms with E-state index in [0.717, 1.165) is 51.6 Å². The highest BCUT2D eigenvalue weighted by Gasteiger charge is 2.22. The molecule has 2 saturated heterocycles. The van der Waals surface area contributed by atoms with E-state index in [1.807, 2.05) is 17.0 Å². The van der Waals surface area contributed by atoms with Crippen LogP contribution in [0.25, 0.3) is 0 Å². The van der Waals surface area contributed by atoms with Crippen LogP contribution in [0.1, 0.15) is 0 Å². The topological polar surface area (TPSA) is 48.1 Å². The summed E-state index contributed by atoms with van der Waals surface area (Å²) < 4.78 is 5.33. The molecule has 0 aliphatic carbocycles. The normalized spacial score (nSPS) is 19.1. The van der Waals surface area contributed by atoms with Crippen LogP contribution >= 0.6 is 23.2 Å². The minimum atomic E-state index is 0.00936. The van der Waals surface area contributed by atoms with Crippen molar-refractivity contribution in [1.82, 2.24) is 15.1 Å². The molecule has 0 radical (unpaired) electrons. The second-order valence-electron chi connectivity index (χ2n) is 6.26. The van der Waals surface area contributed by atoms with E-state index in [1.165, 1.54) is 0 Å². The average molecular weight is 387 g/mol. The molecule has 2 aliphatic rings. The highest BCUT2D eigenvalue weighted by Crippen LogP contribution is 2.29. The van der Waals surface area contributed by atoms with Gasteiger partial charge in [0.2, 0.25) is 0 Å². The summed E-state index contributed by atoms with van der Waals surface area (Å²) in [4.78, 5) is 18.7. The molecule has 0 atom stereocenters. The van der Waals surface area contributed by atoms with E-state index in [-0.39, 0.29) is 6.03 Å². The van der Waals surface area contributed by atoms with Gasteiger partial charge in [-0.2, -0.15) is 0 Å². The van der Waals surface area contributed by atoms with Crippen LogP contribution in [-0.2, 0) is 4.74 Å². The van der Waals surface area contributed by atoms with Crippen molar-refractivity contribution in [1.29, 1.82) is 0 Å². The molecule has 2 fully saturated rings. The Morgan fingerprint density at radius 3 is 2.48 bits per heavy atom. The largest absolute Gasteiger partial charge is 0.379 e. The third-order valence-electron chi connectivity index (χ3n) is 4.63. The third-order valence-corrected chi connectivity index (χ3v) is 5.16. The summed E-state index contributed by atoms with van der Waals surface area (Å²) in [5.74, 6) is 0. The number of piperazine rings is 1. The Labute approximate surface area is 158 Å². The second-order valence-corrected chi connectivity index (χ2v) is 7.10. The maximum atomic E-state index is 12.3. The Morgan fingerprint density at radius 2 is 1.80 bits per heavy atom. The molecule has 1 N–H and O–H groups in total. The van der Waals surface area contributed by atoms with Crippen molar-refractivity contribution in [3.05, 3.63) is 28.2 Å². The summed E-state index contributed by atoms with van der Waals surface area (Å²) in [5.41, 5.74) is 0.971. The summed E-state index contributed by atoms with van der Waals surface area (Å²) in [6.45, 7) is 7.87. The summed E-state index contributed by atoms with van der Waals surface area (Å²) in [7, 11) is 0. The predicted molar refractivity (Wildman–Crippen MR) is 101 cm³/mol. The summed E-state index contributed by atoms with van der Waals surface area (Å²) in [6.07, 6.45) is 0. The molecule has 0 saturated carbocycles. The molecule has 138 valence electrons. The fourth-order valence-electron chi connectivity index (χ4n) is 3.15. The lowest BCUT2D eigenvalue weighted by molar-refractivity contribution is 0.0386. The molecule has 0 aromatic heterocycles. The number of nitrogens with zero attached hydrogens (tertiary/aromatic N) is 3. The maximum Gasteiger partial charge on any atom is 0.317 e. The summed E-state index contributed by atoms with van der Waals surface area (Å²) >= 11 is 12.2. The number of anilines is 1. The molecule has 6 nitrogen and oxygen atoms in total. The number of nitrogens with one attached hydrogen (secondary N) is 1. The zero-order valence-electron chi connectivity index (χ0n) is 14.2. The predicted octanol–water partition coefficient (Wildman–Crippen LogP) is 2.16. The first-order valence-electron chi connectivity index (χ1n) is 8.66. The quantitative estimate of drug-likeness (QED) is 0.860. The van der Waals surface area contributed by atoms with Crippen molar-refractivity contribution >= 4 is 34.9 Å². The molecule has 2 heterocycles. The lowest BCUT2D eigenvalue weighted by Gasteiger charge is -2.36. The SMILES string of the molecule is O=C(NCCN1CCOCC1)N1CCN(c2ccc(Cl)cc2Cl)CC1. The number of benzene rings is 1. The number of ether oxygens (including phenoxy) is 1. The number of hydrogen-bond donors (Lipinski definition) is 1. The molecule has 25 heavy (non-hydrogen) atoms. The lowest BCUT2D eigenvalue weighted by atomic mass is 10.2. The molecular weight excluding hydrogens is 363 g/mol. The van der Waals surface area contributed by atoms with E-state index in [9.17, 15) is 4.79 Å². The van der Waals surface area contributed by atoms with E-state index < -0.39 is 0 Å². The highest BCUT2D eigenvalue weighted by atomic mass is 35.5. The van der Waals surface area contributed by atoms with Crippen LogP contribution in [0.2, 0.25) is 10.0 Å². The Bertz CT molecular complexity index is 588. The van der Waals surface area contributed by atoms with E-state index in [4.69, 9.17) is 27.9 Å². The Balaban J connectivity index is 1.41. The number of urea groups is 1. The number of halogens is 2. The maximum absolute atomic E-state index is 12.3. The van der Waals surface area contributed by atoms with Gasteiger partial charge in [0.25, 0.3) is 0 Å². The average Bonchev–Trinajstić information content (AvgIpc) is 2.63. The van der Waals surface area contributed by atoms with Gasteiger partial charge in [0.05, 0.1) is 23.9 Å². The van der Waals surface area contributed by atoms with Gasteiger partial charge in [-0.1, -0.05) is 23.2 Å². The fourth-order valence-corrected chi connectivity index (χ4v) is 3.67. The van der Waals surface area contributed by atoms with Crippen LogP contribution in [0.4, 0.5) is 10.5 Å². The number of hydrogen-bond acceptors (Lipinski definition) is 4. The fraction of sp³-hybridized carbons (Fsp3) is 0.588. The zero-order valence-corrected chi connectivity index (χ0v) is 15.7. The molecule has 8 heteroatoms. The van der Waals surface area contributed by atoms with Gasteiger partial charge in [-0.3, -0.25) is 4.90 Å². The number of carbonyl (C=O) groups excluding carboxylic acids is 1. The van der Waals surface area contributed by atoms with Gasteiger partial charge >= 0.3 is 6.03 Å². The van der Waals surface area contributed by atoms with Crippen molar-refractivity contribution in [3.63, 3.8) is 0 Å². The minimum Gasteiger partial charge on any atom is -0.379 e. The molecule has 1 aromatic carbocycles. The van der Waals surface area contributed by atoms with E-state index >= 15 is 0 Å². The van der Waals surface area contributed by atoms with Gasteiger partial charge in [-0.15, -0.1) is 0 Å².